The first-order valence-corrected chi connectivity index (χ1v) is 9.75. The number of fused-ring (bicyclic) bond motifs is 1. The second-order valence-electron chi connectivity index (χ2n) is 7.47. The number of ether oxygens (including phenoxy) is 1. The van der Waals surface area contributed by atoms with E-state index in [0.717, 1.165) is 50.2 Å². The number of carbonyl (C=O) groups excluding carboxylic acids is 1. The van der Waals surface area contributed by atoms with Gasteiger partial charge in [0.05, 0.1) is 17.9 Å². The molecule has 0 aromatic carbocycles. The van der Waals surface area contributed by atoms with Crippen molar-refractivity contribution >= 4 is 5.91 Å². The molecule has 6 heteroatoms. The molecule has 0 radical (unpaired) electrons. The van der Waals surface area contributed by atoms with Gasteiger partial charge < -0.3 is 14.2 Å². The van der Waals surface area contributed by atoms with Crippen LogP contribution in [-0.2, 0) is 17.7 Å². The van der Waals surface area contributed by atoms with Crippen LogP contribution in [0.5, 0.6) is 0 Å². The van der Waals surface area contributed by atoms with Crippen LogP contribution in [0.2, 0.25) is 0 Å². The Bertz CT molecular complexity index is 772. The highest BCUT2D eigenvalue weighted by molar-refractivity contribution is 5.94. The number of piperidine rings is 1. The summed E-state index contributed by atoms with van der Waals surface area (Å²) in [4.78, 5) is 15.2. The normalized spacial score (nSPS) is 23.9. The molecule has 1 saturated heterocycles. The summed E-state index contributed by atoms with van der Waals surface area (Å²) >= 11 is 0. The van der Waals surface area contributed by atoms with Crippen molar-refractivity contribution in [2.75, 3.05) is 13.1 Å². The Morgan fingerprint density at radius 1 is 1.23 bits per heavy atom. The van der Waals surface area contributed by atoms with Crippen molar-refractivity contribution in [3.63, 3.8) is 0 Å². The van der Waals surface area contributed by atoms with Gasteiger partial charge in [0.1, 0.15) is 0 Å². The molecule has 0 aliphatic carbocycles. The highest BCUT2D eigenvalue weighted by atomic mass is 16.5. The lowest BCUT2D eigenvalue weighted by Crippen LogP contribution is -2.39. The molecule has 2 aliphatic rings. The molecule has 0 unspecified atom stereocenters. The Hall–Kier alpha value is -2.08. The molecule has 4 heterocycles. The summed E-state index contributed by atoms with van der Waals surface area (Å²) in [5.74, 6) is 0.0840. The van der Waals surface area contributed by atoms with Crippen molar-refractivity contribution in [2.45, 2.75) is 64.8 Å². The first-order chi connectivity index (χ1) is 12.6. The van der Waals surface area contributed by atoms with Crippen molar-refractivity contribution in [3.05, 3.63) is 41.5 Å². The Labute approximate surface area is 154 Å². The first kappa shape index (κ1) is 17.3. The predicted molar refractivity (Wildman–Crippen MR) is 99.2 cm³/mol. The molecule has 0 spiro atoms. The van der Waals surface area contributed by atoms with E-state index >= 15 is 0 Å². The van der Waals surface area contributed by atoms with E-state index in [2.05, 4.69) is 55.0 Å². The number of nitrogens with zero attached hydrogens (tertiary/aromatic N) is 4. The van der Waals surface area contributed by atoms with Gasteiger partial charge in [-0.05, 0) is 45.7 Å². The highest BCUT2D eigenvalue weighted by Gasteiger charge is 2.34. The quantitative estimate of drug-likeness (QED) is 0.849. The smallest absolute Gasteiger partial charge is 0.274 e. The zero-order valence-corrected chi connectivity index (χ0v) is 15.9. The summed E-state index contributed by atoms with van der Waals surface area (Å²) < 4.78 is 10.2. The van der Waals surface area contributed by atoms with Crippen LogP contribution < -0.4 is 0 Å². The van der Waals surface area contributed by atoms with Crippen LogP contribution in [0.25, 0.3) is 0 Å². The molecule has 1 amide bonds. The number of amides is 1. The van der Waals surface area contributed by atoms with Crippen LogP contribution in [0.4, 0.5) is 0 Å². The second kappa shape index (κ2) is 6.91. The molecule has 0 saturated carbocycles. The number of hydrogen-bond acceptors (Lipinski definition) is 3. The van der Waals surface area contributed by atoms with E-state index in [1.807, 2.05) is 9.58 Å². The number of rotatable bonds is 3. The molecule has 2 aromatic heterocycles. The first-order valence-electron chi connectivity index (χ1n) is 9.75. The van der Waals surface area contributed by atoms with Crippen LogP contribution >= 0.6 is 0 Å². The average molecular weight is 356 g/mol. The Balaban J connectivity index is 1.54. The number of hydrogen-bond donors (Lipinski definition) is 0. The fraction of sp³-hybridized carbons (Fsp3) is 0.600. The number of aromatic nitrogens is 3. The van der Waals surface area contributed by atoms with Gasteiger partial charge in [0.2, 0.25) is 0 Å². The molecule has 4 rings (SSSR count). The molecule has 0 bridgehead atoms. The summed E-state index contributed by atoms with van der Waals surface area (Å²) in [6.07, 6.45) is 7.09. The lowest BCUT2D eigenvalue weighted by atomic mass is 9.98. The minimum absolute atomic E-state index is 0.0118. The van der Waals surface area contributed by atoms with Crippen molar-refractivity contribution in [1.29, 1.82) is 0 Å². The summed E-state index contributed by atoms with van der Waals surface area (Å²) in [6, 6.07) is 4.61. The lowest BCUT2D eigenvalue weighted by molar-refractivity contribution is -0.00952. The Kier molecular flexibility index (Phi) is 4.61. The van der Waals surface area contributed by atoms with Gasteiger partial charge in [0.25, 0.3) is 5.91 Å². The molecule has 26 heavy (non-hydrogen) atoms. The maximum absolute atomic E-state index is 13.2. The van der Waals surface area contributed by atoms with E-state index in [-0.39, 0.29) is 18.1 Å². The van der Waals surface area contributed by atoms with E-state index in [1.54, 1.807) is 0 Å². The second-order valence-corrected chi connectivity index (χ2v) is 7.47. The molecular weight excluding hydrogens is 328 g/mol. The van der Waals surface area contributed by atoms with Gasteiger partial charge in [-0.25, -0.2) is 0 Å². The minimum Gasteiger partial charge on any atom is -0.369 e. The maximum atomic E-state index is 13.2. The van der Waals surface area contributed by atoms with Gasteiger partial charge in [-0.15, -0.1) is 0 Å². The standard InChI is InChI=1S/C20H28N4O2/c1-4-24-19-15(3)26-14(2)13-17(19)18(21-24)20(25)23-11-7-16(8-12-23)22-9-5-6-10-22/h5-6,9-10,14-16H,4,7-8,11-13H2,1-3H3/t14-,15+/m1/s1. The highest BCUT2D eigenvalue weighted by Crippen LogP contribution is 2.33. The molecule has 6 nitrogen and oxygen atoms in total. The Morgan fingerprint density at radius 3 is 2.58 bits per heavy atom. The number of aryl methyl sites for hydroxylation is 1. The van der Waals surface area contributed by atoms with Gasteiger partial charge in [-0.3, -0.25) is 9.48 Å². The third kappa shape index (κ3) is 2.96. The van der Waals surface area contributed by atoms with Gasteiger partial charge >= 0.3 is 0 Å². The fourth-order valence-electron chi connectivity index (χ4n) is 4.44. The van der Waals surface area contributed by atoms with Gasteiger partial charge in [0, 0.05) is 50.1 Å². The lowest BCUT2D eigenvalue weighted by Gasteiger charge is -2.33. The maximum Gasteiger partial charge on any atom is 0.274 e. The van der Waals surface area contributed by atoms with Gasteiger partial charge in [0.15, 0.2) is 5.69 Å². The van der Waals surface area contributed by atoms with E-state index in [4.69, 9.17) is 4.74 Å². The third-order valence-electron chi connectivity index (χ3n) is 5.71. The minimum atomic E-state index is -0.0118. The summed E-state index contributed by atoms with van der Waals surface area (Å²) in [7, 11) is 0. The monoisotopic (exact) mass is 356 g/mol. The van der Waals surface area contributed by atoms with E-state index in [1.165, 1.54) is 0 Å². The SMILES string of the molecule is CCn1nc(C(=O)N2CCC(n3cccc3)CC2)c2c1[C@H](C)O[C@H](C)C2. The largest absolute Gasteiger partial charge is 0.369 e. The van der Waals surface area contributed by atoms with Crippen molar-refractivity contribution in [1.82, 2.24) is 19.2 Å². The summed E-state index contributed by atoms with van der Waals surface area (Å²) in [5.41, 5.74) is 2.81. The van der Waals surface area contributed by atoms with Crippen molar-refractivity contribution in [3.8, 4) is 0 Å². The predicted octanol–water partition coefficient (Wildman–Crippen LogP) is 3.20. The molecule has 2 atom stereocenters. The zero-order chi connectivity index (χ0) is 18.3. The average Bonchev–Trinajstić information content (AvgIpc) is 3.29. The van der Waals surface area contributed by atoms with Crippen LogP contribution in [0, 0.1) is 0 Å². The summed E-state index contributed by atoms with van der Waals surface area (Å²) in [6.45, 7) is 8.52. The molecule has 2 aliphatic heterocycles. The molecule has 1 fully saturated rings. The van der Waals surface area contributed by atoms with E-state index in [0.29, 0.717) is 11.7 Å². The van der Waals surface area contributed by atoms with Gasteiger partial charge in [-0.2, -0.15) is 5.10 Å². The van der Waals surface area contributed by atoms with E-state index < -0.39 is 0 Å². The topological polar surface area (TPSA) is 52.3 Å². The van der Waals surface area contributed by atoms with Crippen LogP contribution in [0.15, 0.2) is 24.5 Å². The molecular formula is C20H28N4O2. The molecule has 140 valence electrons. The van der Waals surface area contributed by atoms with Crippen LogP contribution in [0.1, 0.15) is 67.5 Å². The molecule has 0 N–H and O–H groups in total. The van der Waals surface area contributed by atoms with Crippen LogP contribution in [-0.4, -0.2) is 44.3 Å². The number of likely N-dealkylation sites (tertiary alicyclic amines) is 1. The molecule has 2 aromatic rings. The summed E-state index contributed by atoms with van der Waals surface area (Å²) in [5, 5.41) is 4.68. The number of carbonyl (C=O) groups is 1. The van der Waals surface area contributed by atoms with Crippen molar-refractivity contribution < 1.29 is 9.53 Å². The third-order valence-corrected chi connectivity index (χ3v) is 5.71. The zero-order valence-electron chi connectivity index (χ0n) is 15.9. The van der Waals surface area contributed by atoms with Crippen LogP contribution in [0.3, 0.4) is 0 Å². The van der Waals surface area contributed by atoms with Crippen molar-refractivity contribution in [2.24, 2.45) is 0 Å². The Morgan fingerprint density at radius 2 is 1.92 bits per heavy atom. The fourth-order valence-corrected chi connectivity index (χ4v) is 4.44. The van der Waals surface area contributed by atoms with Gasteiger partial charge in [-0.1, -0.05) is 0 Å². The van der Waals surface area contributed by atoms with E-state index in [9.17, 15) is 4.79 Å².